The summed E-state index contributed by atoms with van der Waals surface area (Å²) in [5, 5.41) is 3.56. The van der Waals surface area contributed by atoms with Crippen LogP contribution < -0.4 is 5.32 Å². The van der Waals surface area contributed by atoms with Gasteiger partial charge in [-0.15, -0.1) is 11.3 Å². The molecule has 3 heteroatoms. The molecule has 1 atom stereocenters. The molecule has 0 amide bonds. The Bertz CT molecular complexity index is 505. The van der Waals surface area contributed by atoms with Crippen molar-refractivity contribution in [2.24, 2.45) is 0 Å². The lowest BCUT2D eigenvalue weighted by molar-refractivity contribution is 0.581. The van der Waals surface area contributed by atoms with E-state index < -0.39 is 0 Å². The maximum Gasteiger partial charge on any atom is 0.0798 e. The lowest BCUT2D eigenvalue weighted by Gasteiger charge is -2.12. The Morgan fingerprint density at radius 1 is 1.33 bits per heavy atom. The molecule has 0 spiro atoms. The minimum atomic E-state index is 0.391. The lowest BCUT2D eigenvalue weighted by atomic mass is 10.1. The highest BCUT2D eigenvalue weighted by molar-refractivity contribution is 7.09. The summed E-state index contributed by atoms with van der Waals surface area (Å²) < 4.78 is 0. The molecule has 0 bridgehead atoms. The molecule has 0 fully saturated rings. The first-order valence-corrected chi connectivity index (χ1v) is 7.23. The average Bonchev–Trinajstić information content (AvgIpc) is 2.75. The normalized spacial score (nSPS) is 12.6. The van der Waals surface area contributed by atoms with E-state index in [1.807, 2.05) is 5.51 Å². The minimum Gasteiger partial charge on any atom is -0.309 e. The summed E-state index contributed by atoms with van der Waals surface area (Å²) in [6.07, 6.45) is 1.07. The van der Waals surface area contributed by atoms with Crippen LogP contribution in [-0.4, -0.2) is 11.5 Å². The molecule has 18 heavy (non-hydrogen) atoms. The number of nitrogens with one attached hydrogen (secondary N) is 1. The number of hydrogen-bond donors (Lipinski definition) is 1. The quantitative estimate of drug-likeness (QED) is 0.887. The summed E-state index contributed by atoms with van der Waals surface area (Å²) in [6, 6.07) is 9.10. The van der Waals surface area contributed by atoms with Gasteiger partial charge in [0.25, 0.3) is 0 Å². The van der Waals surface area contributed by atoms with Crippen molar-refractivity contribution in [2.45, 2.75) is 33.2 Å². The Hall–Kier alpha value is -1.19. The molecule has 2 aromatic rings. The summed E-state index contributed by atoms with van der Waals surface area (Å²) >= 11 is 1.73. The second-order valence-corrected chi connectivity index (χ2v) is 5.60. The molecule has 0 aliphatic carbocycles. The van der Waals surface area contributed by atoms with E-state index in [0.29, 0.717) is 6.04 Å². The molecule has 1 aromatic carbocycles. The van der Waals surface area contributed by atoms with Gasteiger partial charge in [-0.1, -0.05) is 29.8 Å². The first-order chi connectivity index (χ1) is 8.66. The van der Waals surface area contributed by atoms with Crippen molar-refractivity contribution in [1.29, 1.82) is 0 Å². The van der Waals surface area contributed by atoms with Crippen LogP contribution in [-0.2, 0) is 6.42 Å². The predicted molar refractivity (Wildman–Crippen MR) is 78.2 cm³/mol. The number of benzene rings is 1. The van der Waals surface area contributed by atoms with Gasteiger partial charge in [0.1, 0.15) is 0 Å². The van der Waals surface area contributed by atoms with Crippen LogP contribution in [0, 0.1) is 13.8 Å². The van der Waals surface area contributed by atoms with Crippen LogP contribution in [0.3, 0.4) is 0 Å². The van der Waals surface area contributed by atoms with Crippen LogP contribution in [0.4, 0.5) is 0 Å². The average molecular weight is 260 g/mol. The predicted octanol–water partition coefficient (Wildman–Crippen LogP) is 3.65. The first kappa shape index (κ1) is 13.2. The van der Waals surface area contributed by atoms with E-state index in [1.165, 1.54) is 16.0 Å². The molecule has 96 valence electrons. The van der Waals surface area contributed by atoms with Crippen molar-refractivity contribution < 1.29 is 0 Å². The van der Waals surface area contributed by atoms with Gasteiger partial charge in [-0.2, -0.15) is 0 Å². The smallest absolute Gasteiger partial charge is 0.0798 e. The maximum atomic E-state index is 4.29. The van der Waals surface area contributed by atoms with Crippen LogP contribution in [0.25, 0.3) is 0 Å². The van der Waals surface area contributed by atoms with Crippen LogP contribution >= 0.6 is 11.3 Å². The summed E-state index contributed by atoms with van der Waals surface area (Å²) in [7, 11) is 0. The van der Waals surface area contributed by atoms with E-state index in [0.717, 1.165) is 18.7 Å². The van der Waals surface area contributed by atoms with Crippen molar-refractivity contribution in [1.82, 2.24) is 10.3 Å². The molecule has 0 radical (unpaired) electrons. The van der Waals surface area contributed by atoms with Crippen molar-refractivity contribution in [3.63, 3.8) is 0 Å². The Kier molecular flexibility index (Phi) is 4.50. The van der Waals surface area contributed by atoms with Crippen LogP contribution in [0.2, 0.25) is 0 Å². The molecular weight excluding hydrogens is 240 g/mol. The number of hydrogen-bond acceptors (Lipinski definition) is 3. The summed E-state index contributed by atoms with van der Waals surface area (Å²) in [6.45, 7) is 7.42. The van der Waals surface area contributed by atoms with Crippen molar-refractivity contribution >= 4 is 11.3 Å². The SMILES string of the molecule is Cc1cccc(CCNC(C)c2scnc2C)c1. The molecular formula is C15H20N2S. The van der Waals surface area contributed by atoms with Gasteiger partial charge in [0.2, 0.25) is 0 Å². The van der Waals surface area contributed by atoms with Gasteiger partial charge in [-0.05, 0) is 39.3 Å². The Morgan fingerprint density at radius 3 is 2.83 bits per heavy atom. The van der Waals surface area contributed by atoms with Gasteiger partial charge >= 0.3 is 0 Å². The highest BCUT2D eigenvalue weighted by Crippen LogP contribution is 2.20. The molecule has 0 saturated carbocycles. The summed E-state index contributed by atoms with van der Waals surface area (Å²) in [5.74, 6) is 0. The fourth-order valence-electron chi connectivity index (χ4n) is 2.12. The monoisotopic (exact) mass is 260 g/mol. The van der Waals surface area contributed by atoms with Crippen molar-refractivity contribution in [3.8, 4) is 0 Å². The standard InChI is InChI=1S/C15H20N2S/c1-11-5-4-6-14(9-11)7-8-16-12(2)15-13(3)17-10-18-15/h4-6,9-10,12,16H,7-8H2,1-3H3. The molecule has 0 aliphatic heterocycles. The minimum absolute atomic E-state index is 0.391. The van der Waals surface area contributed by atoms with Crippen LogP contribution in [0.1, 0.15) is 34.7 Å². The fourth-order valence-corrected chi connectivity index (χ4v) is 2.95. The van der Waals surface area contributed by atoms with Gasteiger partial charge in [0.05, 0.1) is 11.2 Å². The molecule has 2 nitrogen and oxygen atoms in total. The Labute approximate surface area is 113 Å². The third-order valence-corrected chi connectivity index (χ3v) is 4.24. The Balaban J connectivity index is 1.84. The second kappa shape index (κ2) is 6.12. The molecule has 1 N–H and O–H groups in total. The zero-order valence-electron chi connectivity index (χ0n) is 11.2. The fraction of sp³-hybridized carbons (Fsp3) is 0.400. The van der Waals surface area contributed by atoms with Gasteiger partial charge in [0.15, 0.2) is 0 Å². The van der Waals surface area contributed by atoms with E-state index in [4.69, 9.17) is 0 Å². The van der Waals surface area contributed by atoms with Crippen LogP contribution in [0.5, 0.6) is 0 Å². The highest BCUT2D eigenvalue weighted by atomic mass is 32.1. The Morgan fingerprint density at radius 2 is 2.17 bits per heavy atom. The highest BCUT2D eigenvalue weighted by Gasteiger charge is 2.09. The topological polar surface area (TPSA) is 24.9 Å². The van der Waals surface area contributed by atoms with E-state index in [-0.39, 0.29) is 0 Å². The van der Waals surface area contributed by atoms with E-state index in [2.05, 4.69) is 55.3 Å². The van der Waals surface area contributed by atoms with E-state index in [1.54, 1.807) is 11.3 Å². The molecule has 1 heterocycles. The first-order valence-electron chi connectivity index (χ1n) is 6.35. The molecule has 1 aromatic heterocycles. The zero-order chi connectivity index (χ0) is 13.0. The van der Waals surface area contributed by atoms with Gasteiger partial charge < -0.3 is 5.32 Å². The van der Waals surface area contributed by atoms with E-state index >= 15 is 0 Å². The van der Waals surface area contributed by atoms with Gasteiger partial charge in [0, 0.05) is 10.9 Å². The summed E-state index contributed by atoms with van der Waals surface area (Å²) in [5.41, 5.74) is 5.80. The van der Waals surface area contributed by atoms with E-state index in [9.17, 15) is 0 Å². The van der Waals surface area contributed by atoms with Gasteiger partial charge in [-0.3, -0.25) is 0 Å². The maximum absolute atomic E-state index is 4.29. The number of nitrogens with zero attached hydrogens (tertiary/aromatic N) is 1. The molecule has 2 rings (SSSR count). The lowest BCUT2D eigenvalue weighted by Crippen LogP contribution is -2.21. The zero-order valence-corrected chi connectivity index (χ0v) is 12.1. The third-order valence-electron chi connectivity index (χ3n) is 3.12. The van der Waals surface area contributed by atoms with Gasteiger partial charge in [-0.25, -0.2) is 4.98 Å². The van der Waals surface area contributed by atoms with Crippen molar-refractivity contribution in [3.05, 3.63) is 51.5 Å². The molecule has 0 aliphatic rings. The van der Waals surface area contributed by atoms with Crippen LogP contribution in [0.15, 0.2) is 29.8 Å². The number of rotatable bonds is 5. The molecule has 1 unspecified atom stereocenters. The largest absolute Gasteiger partial charge is 0.309 e. The molecule has 0 saturated heterocycles. The number of aryl methyl sites for hydroxylation is 2. The summed E-state index contributed by atoms with van der Waals surface area (Å²) in [4.78, 5) is 5.64. The number of thiazole rings is 1. The third kappa shape index (κ3) is 3.40. The van der Waals surface area contributed by atoms with Crippen molar-refractivity contribution in [2.75, 3.05) is 6.54 Å². The number of aromatic nitrogens is 1. The second-order valence-electron chi connectivity index (χ2n) is 4.72.